The second-order valence-electron chi connectivity index (χ2n) is 19.7. The van der Waals surface area contributed by atoms with E-state index in [1.54, 1.807) is 0 Å². The molecule has 0 saturated carbocycles. The van der Waals surface area contributed by atoms with E-state index in [2.05, 4.69) is 69.9 Å². The molecule has 0 aliphatic carbocycles. The number of anilines is 2. The molecule has 1 amide bonds. The molecule has 10 rings (SSSR count). The first kappa shape index (κ1) is 52.4. The van der Waals surface area contributed by atoms with Gasteiger partial charge >= 0.3 is 29.2 Å². The van der Waals surface area contributed by atoms with Crippen LogP contribution in [-0.2, 0) is 57.3 Å². The van der Waals surface area contributed by atoms with Gasteiger partial charge in [0.25, 0.3) is 5.91 Å². The third-order valence-corrected chi connectivity index (χ3v) is 18.2. The molecule has 3 aromatic carbocycles. The second kappa shape index (κ2) is 21.2. The summed E-state index contributed by atoms with van der Waals surface area (Å²) in [7, 11) is -16.8. The van der Waals surface area contributed by atoms with Crippen molar-refractivity contribution in [1.82, 2.24) is 19.4 Å². The topological polar surface area (TPSA) is 295 Å². The Labute approximate surface area is 426 Å². The van der Waals surface area contributed by atoms with Crippen LogP contribution in [0, 0.1) is 18.8 Å². The van der Waals surface area contributed by atoms with Gasteiger partial charge in [-0.15, -0.1) is 0 Å². The maximum absolute atomic E-state index is 13.6. The minimum absolute atomic E-state index is 0.123. The number of benzene rings is 3. The van der Waals surface area contributed by atoms with Gasteiger partial charge in [0.2, 0.25) is 5.36 Å². The number of hydrogen-bond donors (Lipinski definition) is 7. The van der Waals surface area contributed by atoms with Crippen LogP contribution in [0.4, 0.5) is 11.5 Å². The Bertz CT molecular complexity index is 3340. The smallest absolute Gasteiger partial charge is 0.455 e. The van der Waals surface area contributed by atoms with E-state index < -0.39 is 54.2 Å². The number of ether oxygens (including phenoxy) is 2. The van der Waals surface area contributed by atoms with Gasteiger partial charge in [-0.25, -0.2) is 23.1 Å². The van der Waals surface area contributed by atoms with Crippen LogP contribution >= 0.6 is 23.5 Å². The van der Waals surface area contributed by atoms with Gasteiger partial charge in [-0.2, -0.15) is 13.6 Å². The number of fused-ring (bicyclic) bond motifs is 4. The van der Waals surface area contributed by atoms with Gasteiger partial charge < -0.3 is 50.1 Å². The minimum atomic E-state index is -5.73. The van der Waals surface area contributed by atoms with Gasteiger partial charge in [0.1, 0.15) is 36.5 Å². The Morgan fingerprint density at radius 2 is 1.65 bits per heavy atom. The molecule has 8 N–H and O–H groups in total. The van der Waals surface area contributed by atoms with Gasteiger partial charge in [-0.1, -0.05) is 30.7 Å². The number of carbonyl (C=O) groups is 1. The van der Waals surface area contributed by atoms with Crippen molar-refractivity contribution < 1.29 is 65.8 Å². The van der Waals surface area contributed by atoms with Crippen LogP contribution in [0.5, 0.6) is 11.5 Å². The number of rotatable bonds is 16. The summed E-state index contributed by atoms with van der Waals surface area (Å²) in [5.74, 6) is 7.68. The standard InChI is InChI=1S/C50H59N6O15P3/c1-30-24-33(17-18-36(30)42-39-25-31-13-8-20-54-22-10-15-37(43(31)54)45(39)69-46-38-16-11-23-55-21-9-14-32(44(38)55)26-40(42)46)48(58)52-19-7-5-3-2-4-6-12-34-28-56(50(59)53-47(34)51)49-41(57)27-35(68-49)29-67-73(63,64)71-74(65,66)70-72(60,61)62/h17-18,24-26,28,35,41,49,57H,2-5,7-11,13-16,19-23,27,29H2,1H3,(H6-,51,52,53,58,59,60,61,62,63,64,65,66)/p+1. The van der Waals surface area contributed by atoms with Crippen LogP contribution in [0.1, 0.15) is 125 Å². The summed E-state index contributed by atoms with van der Waals surface area (Å²) in [5, 5.41) is 16.3. The number of nitrogens with zero attached hydrogens (tertiary/aromatic N) is 4. The number of hydrogen-bond acceptors (Lipinski definition) is 14. The highest BCUT2D eigenvalue weighted by molar-refractivity contribution is 7.66. The number of nitrogen functional groups attached to an aromatic ring is 1. The SMILES string of the molecule is Cc1cc(C(=O)NCCCCCCC#Cc2cn(C3OC(COP(=O)(O)OP(=O)(O)OP(=O)(O)O)CC3O)c(=O)nc2N)ccc1C1=c2cc3c4c(c2Oc2c1cc1c5c2CCCN5CCC1)CCC[N+]=4CCC3. The van der Waals surface area contributed by atoms with Crippen LogP contribution < -0.4 is 41.5 Å². The summed E-state index contributed by atoms with van der Waals surface area (Å²) in [6.45, 7) is 6.16. The van der Waals surface area contributed by atoms with Crippen molar-refractivity contribution in [3.05, 3.63) is 108 Å². The molecule has 24 heteroatoms. The number of phosphoric acid groups is 3. The third-order valence-electron chi connectivity index (χ3n) is 14.4. The largest absolute Gasteiger partial charge is 0.490 e. The first-order valence-corrected chi connectivity index (χ1v) is 29.7. The van der Waals surface area contributed by atoms with Crippen molar-refractivity contribution in [2.45, 2.75) is 115 Å². The number of aromatic nitrogens is 2. The number of phosphoric ester groups is 1. The monoisotopic (exact) mass is 1080 g/mol. The number of aliphatic hydroxyl groups is 1. The van der Waals surface area contributed by atoms with Gasteiger partial charge in [0.05, 0.1) is 23.8 Å². The number of unbranched alkanes of at least 4 members (excludes halogenated alkanes) is 4. The van der Waals surface area contributed by atoms with E-state index in [9.17, 15) is 38.2 Å². The van der Waals surface area contributed by atoms with Crippen LogP contribution in [0.3, 0.4) is 0 Å². The summed E-state index contributed by atoms with van der Waals surface area (Å²) in [6.07, 6.45) is 9.49. The summed E-state index contributed by atoms with van der Waals surface area (Å²) in [6, 6.07) is 10.9. The zero-order chi connectivity index (χ0) is 52.1. The lowest BCUT2D eigenvalue weighted by Crippen LogP contribution is -2.45. The van der Waals surface area contributed by atoms with Gasteiger partial charge in [0, 0.05) is 90.2 Å². The van der Waals surface area contributed by atoms with Crippen molar-refractivity contribution >= 4 is 46.5 Å². The molecule has 0 radical (unpaired) electrons. The highest BCUT2D eigenvalue weighted by atomic mass is 31.3. The molecular weight excluding hydrogens is 1020 g/mol. The van der Waals surface area contributed by atoms with Crippen molar-refractivity contribution in [2.75, 3.05) is 50.0 Å². The highest BCUT2D eigenvalue weighted by Crippen LogP contribution is 2.66. The molecule has 21 nitrogen and oxygen atoms in total. The van der Waals surface area contributed by atoms with E-state index >= 15 is 0 Å². The van der Waals surface area contributed by atoms with E-state index in [0.29, 0.717) is 18.5 Å². The van der Waals surface area contributed by atoms with E-state index in [1.807, 2.05) is 12.1 Å². The first-order chi connectivity index (χ1) is 35.3. The Balaban J connectivity index is 0.747. The van der Waals surface area contributed by atoms with E-state index in [4.69, 9.17) is 25.0 Å². The fraction of sp³-hybridized carbons (Fsp3) is 0.480. The van der Waals surface area contributed by atoms with Crippen molar-refractivity contribution in [3.8, 4) is 23.3 Å². The Hall–Kier alpha value is -5.03. The predicted molar refractivity (Wildman–Crippen MR) is 271 cm³/mol. The molecule has 394 valence electrons. The van der Waals surface area contributed by atoms with Gasteiger partial charge in [-0.3, -0.25) is 13.9 Å². The van der Waals surface area contributed by atoms with E-state index in [1.165, 1.54) is 55.9 Å². The molecule has 5 atom stereocenters. The normalized spacial score (nSPS) is 21.2. The highest BCUT2D eigenvalue weighted by Gasteiger charge is 2.43. The van der Waals surface area contributed by atoms with Crippen molar-refractivity contribution in [2.24, 2.45) is 0 Å². The summed E-state index contributed by atoms with van der Waals surface area (Å²) >= 11 is 0. The third kappa shape index (κ3) is 11.1. The molecule has 1 fully saturated rings. The number of carbonyl (C=O) groups excluding carboxylic acids is 1. The van der Waals surface area contributed by atoms with Crippen LogP contribution in [0.15, 0.2) is 41.3 Å². The molecule has 1 saturated heterocycles. The van der Waals surface area contributed by atoms with Crippen molar-refractivity contribution in [3.63, 3.8) is 0 Å². The number of nitrogens with one attached hydrogen (secondary N) is 1. The minimum Gasteiger partial charge on any atom is -0.455 e. The molecule has 4 aromatic rings. The van der Waals surface area contributed by atoms with E-state index in [0.717, 1.165) is 130 Å². The quantitative estimate of drug-likeness (QED) is 0.0314. The molecule has 0 bridgehead atoms. The lowest BCUT2D eigenvalue weighted by Gasteiger charge is -2.39. The lowest BCUT2D eigenvalue weighted by molar-refractivity contribution is -0.0523. The molecule has 74 heavy (non-hydrogen) atoms. The molecule has 0 spiro atoms. The molecule has 6 aliphatic rings. The average molecular weight is 1080 g/mol. The number of amides is 1. The molecule has 7 heterocycles. The fourth-order valence-corrected chi connectivity index (χ4v) is 14.4. The predicted octanol–water partition coefficient (Wildman–Crippen LogP) is 4.29. The fourth-order valence-electron chi connectivity index (χ4n) is 11.4. The molecule has 5 unspecified atom stereocenters. The van der Waals surface area contributed by atoms with Gasteiger partial charge in [-0.05, 0) is 99.2 Å². The van der Waals surface area contributed by atoms with Gasteiger partial charge in [0.15, 0.2) is 6.23 Å². The van der Waals surface area contributed by atoms with Crippen molar-refractivity contribution in [1.29, 1.82) is 0 Å². The van der Waals surface area contributed by atoms with E-state index in [-0.39, 0.29) is 23.7 Å². The number of aryl methyl sites for hydroxylation is 3. The summed E-state index contributed by atoms with van der Waals surface area (Å²) in [4.78, 5) is 69.3. The lowest BCUT2D eigenvalue weighted by atomic mass is 9.81. The van der Waals surface area contributed by atoms with Crippen LogP contribution in [-0.4, -0.2) is 91.7 Å². The Morgan fingerprint density at radius 3 is 2.43 bits per heavy atom. The Morgan fingerprint density at radius 1 is 0.905 bits per heavy atom. The maximum atomic E-state index is 13.6. The molecule has 1 aromatic heterocycles. The van der Waals surface area contributed by atoms with Crippen LogP contribution in [0.2, 0.25) is 0 Å². The first-order valence-electron chi connectivity index (χ1n) is 25.1. The molecule has 6 aliphatic heterocycles. The summed E-state index contributed by atoms with van der Waals surface area (Å²) < 4.78 is 63.0. The zero-order valence-electron chi connectivity index (χ0n) is 40.9. The Kier molecular flexibility index (Phi) is 15.0. The summed E-state index contributed by atoms with van der Waals surface area (Å²) in [5.41, 5.74) is 17.3. The number of nitrogens with two attached hydrogens (primary N) is 1. The molecular formula is C50H60N6O15P3+. The average Bonchev–Trinajstić information content (AvgIpc) is 3.72. The maximum Gasteiger partial charge on any atom is 0.490 e. The second-order valence-corrected chi connectivity index (χ2v) is 24.1. The van der Waals surface area contributed by atoms with Crippen LogP contribution in [0.25, 0.3) is 5.57 Å². The number of aliphatic hydroxyl groups excluding tert-OH is 1. The zero-order valence-corrected chi connectivity index (χ0v) is 43.5.